The normalized spacial score (nSPS) is 17.0. The molecule has 2 aromatic rings. The second-order valence-corrected chi connectivity index (χ2v) is 7.10. The first-order valence-electron chi connectivity index (χ1n) is 9.75. The predicted molar refractivity (Wildman–Crippen MR) is 102 cm³/mol. The molecule has 3 rings (SSSR count). The van der Waals surface area contributed by atoms with Gasteiger partial charge in [0.2, 0.25) is 11.8 Å². The first-order valence-corrected chi connectivity index (χ1v) is 9.75. The van der Waals surface area contributed by atoms with Crippen LogP contribution < -0.4 is 5.32 Å². The minimum atomic E-state index is -0.0656. The molecule has 1 N–H and O–H groups in total. The van der Waals surface area contributed by atoms with E-state index in [1.807, 2.05) is 4.90 Å². The number of fused-ring (bicyclic) bond motifs is 1. The standard InChI is InChI=1S/C19H28N6O2/c1-4-14(5-2)19(27)24-10-6-15(12-24)16-17-18(22-8-7-21-17)25(23-16)11-9-20-13(3)26/h7-8,14-15H,4-6,9-12H2,1-3H3,(H,20,26)/t15-/m0/s1. The molecule has 0 aromatic carbocycles. The fraction of sp³-hybridized carbons (Fsp3) is 0.632. The highest BCUT2D eigenvalue weighted by molar-refractivity contribution is 5.79. The molecule has 0 unspecified atom stereocenters. The maximum absolute atomic E-state index is 12.7. The summed E-state index contributed by atoms with van der Waals surface area (Å²) in [5.74, 6) is 0.465. The van der Waals surface area contributed by atoms with Crippen LogP contribution in [0.4, 0.5) is 0 Å². The molecular weight excluding hydrogens is 344 g/mol. The molecule has 8 nitrogen and oxygen atoms in total. The van der Waals surface area contributed by atoms with E-state index in [2.05, 4.69) is 29.1 Å². The zero-order chi connectivity index (χ0) is 19.4. The van der Waals surface area contributed by atoms with E-state index in [4.69, 9.17) is 5.10 Å². The van der Waals surface area contributed by atoms with Gasteiger partial charge in [-0.25, -0.2) is 14.6 Å². The van der Waals surface area contributed by atoms with Crippen LogP contribution in [0.2, 0.25) is 0 Å². The lowest BCUT2D eigenvalue weighted by molar-refractivity contribution is -0.134. The molecule has 0 radical (unpaired) electrons. The number of nitrogens with zero attached hydrogens (tertiary/aromatic N) is 5. The fourth-order valence-corrected chi connectivity index (χ4v) is 3.77. The van der Waals surface area contributed by atoms with Crippen LogP contribution in [-0.2, 0) is 16.1 Å². The van der Waals surface area contributed by atoms with E-state index in [0.717, 1.165) is 42.7 Å². The molecule has 0 spiro atoms. The van der Waals surface area contributed by atoms with E-state index < -0.39 is 0 Å². The van der Waals surface area contributed by atoms with Crippen LogP contribution in [0.25, 0.3) is 11.2 Å². The zero-order valence-electron chi connectivity index (χ0n) is 16.3. The summed E-state index contributed by atoms with van der Waals surface area (Å²) in [6, 6.07) is 0. The van der Waals surface area contributed by atoms with Gasteiger partial charge in [-0.1, -0.05) is 13.8 Å². The summed E-state index contributed by atoms with van der Waals surface area (Å²) < 4.78 is 1.80. The highest BCUT2D eigenvalue weighted by Crippen LogP contribution is 2.31. The second kappa shape index (κ2) is 8.45. The highest BCUT2D eigenvalue weighted by Gasteiger charge is 2.33. The molecule has 1 aliphatic rings. The highest BCUT2D eigenvalue weighted by atomic mass is 16.2. The fourth-order valence-electron chi connectivity index (χ4n) is 3.77. The Balaban J connectivity index is 1.79. The predicted octanol–water partition coefficient (Wildman–Crippen LogP) is 1.71. The molecule has 0 aliphatic carbocycles. The van der Waals surface area contributed by atoms with Gasteiger partial charge < -0.3 is 10.2 Å². The third-order valence-electron chi connectivity index (χ3n) is 5.31. The zero-order valence-corrected chi connectivity index (χ0v) is 16.3. The monoisotopic (exact) mass is 372 g/mol. The summed E-state index contributed by atoms with van der Waals surface area (Å²) in [6.07, 6.45) is 5.97. The molecule has 1 aliphatic heterocycles. The lowest BCUT2D eigenvalue weighted by Gasteiger charge is -2.21. The third kappa shape index (κ3) is 4.09. The van der Waals surface area contributed by atoms with Gasteiger partial charge in [0, 0.05) is 50.8 Å². The first-order chi connectivity index (χ1) is 13.0. The maximum Gasteiger partial charge on any atom is 0.225 e. The van der Waals surface area contributed by atoms with Gasteiger partial charge >= 0.3 is 0 Å². The van der Waals surface area contributed by atoms with Gasteiger partial charge in [-0.15, -0.1) is 0 Å². The molecule has 3 heterocycles. The topological polar surface area (TPSA) is 93.0 Å². The van der Waals surface area contributed by atoms with Crippen LogP contribution >= 0.6 is 0 Å². The number of hydrogen-bond donors (Lipinski definition) is 1. The summed E-state index contributed by atoms with van der Waals surface area (Å²) in [5, 5.41) is 7.53. The van der Waals surface area contributed by atoms with Gasteiger partial charge in [-0.2, -0.15) is 5.10 Å². The Morgan fingerprint density at radius 2 is 2.00 bits per heavy atom. The summed E-state index contributed by atoms with van der Waals surface area (Å²) in [7, 11) is 0. The van der Waals surface area contributed by atoms with Gasteiger partial charge in [0.25, 0.3) is 0 Å². The van der Waals surface area contributed by atoms with E-state index in [0.29, 0.717) is 19.6 Å². The van der Waals surface area contributed by atoms with Gasteiger partial charge in [0.15, 0.2) is 5.65 Å². The minimum absolute atomic E-state index is 0.0656. The molecule has 1 saturated heterocycles. The Hall–Kier alpha value is -2.51. The number of rotatable bonds is 7. The number of nitrogens with one attached hydrogen (secondary N) is 1. The van der Waals surface area contributed by atoms with Crippen molar-refractivity contribution < 1.29 is 9.59 Å². The summed E-state index contributed by atoms with van der Waals surface area (Å²) in [6.45, 7) is 8.11. The molecule has 27 heavy (non-hydrogen) atoms. The van der Waals surface area contributed by atoms with Gasteiger partial charge in [-0.3, -0.25) is 9.59 Å². The number of carbonyl (C=O) groups is 2. The van der Waals surface area contributed by atoms with E-state index in [9.17, 15) is 9.59 Å². The van der Waals surface area contributed by atoms with Crippen molar-refractivity contribution in [2.75, 3.05) is 19.6 Å². The van der Waals surface area contributed by atoms with Crippen molar-refractivity contribution in [3.05, 3.63) is 18.1 Å². The molecule has 0 saturated carbocycles. The van der Waals surface area contributed by atoms with Crippen molar-refractivity contribution in [3.63, 3.8) is 0 Å². The largest absolute Gasteiger partial charge is 0.354 e. The van der Waals surface area contributed by atoms with Crippen LogP contribution in [0.5, 0.6) is 0 Å². The average molecular weight is 372 g/mol. The average Bonchev–Trinajstić information content (AvgIpc) is 3.28. The quantitative estimate of drug-likeness (QED) is 0.799. The molecule has 0 bridgehead atoms. The molecule has 1 atom stereocenters. The van der Waals surface area contributed by atoms with Crippen molar-refractivity contribution in [2.24, 2.45) is 5.92 Å². The van der Waals surface area contributed by atoms with E-state index in [1.165, 1.54) is 6.92 Å². The van der Waals surface area contributed by atoms with Crippen LogP contribution in [0.1, 0.15) is 51.6 Å². The Kier molecular flexibility index (Phi) is 6.03. The number of hydrogen-bond acceptors (Lipinski definition) is 5. The second-order valence-electron chi connectivity index (χ2n) is 7.10. The maximum atomic E-state index is 12.7. The van der Waals surface area contributed by atoms with E-state index in [-0.39, 0.29) is 23.7 Å². The summed E-state index contributed by atoms with van der Waals surface area (Å²) in [4.78, 5) is 34.7. The van der Waals surface area contributed by atoms with Gasteiger partial charge in [-0.05, 0) is 19.3 Å². The number of aromatic nitrogens is 4. The van der Waals surface area contributed by atoms with Crippen LogP contribution in [0.15, 0.2) is 12.4 Å². The van der Waals surface area contributed by atoms with Gasteiger partial charge in [0.1, 0.15) is 5.52 Å². The van der Waals surface area contributed by atoms with Crippen molar-refractivity contribution in [1.82, 2.24) is 30.0 Å². The molecule has 146 valence electrons. The first kappa shape index (κ1) is 19.3. The SMILES string of the molecule is CCC(CC)C(=O)N1CC[C@H](c2nn(CCNC(C)=O)c3nccnc23)C1. The van der Waals surface area contributed by atoms with Crippen molar-refractivity contribution in [1.29, 1.82) is 0 Å². The minimum Gasteiger partial charge on any atom is -0.354 e. The van der Waals surface area contributed by atoms with Crippen LogP contribution in [-0.4, -0.2) is 56.1 Å². The molecule has 2 aromatic heterocycles. The third-order valence-corrected chi connectivity index (χ3v) is 5.31. The molecular formula is C19H28N6O2. The van der Waals surface area contributed by atoms with Gasteiger partial charge in [0.05, 0.1) is 12.2 Å². The molecule has 2 amide bonds. The van der Waals surface area contributed by atoms with Crippen molar-refractivity contribution >= 4 is 23.0 Å². The van der Waals surface area contributed by atoms with E-state index >= 15 is 0 Å². The summed E-state index contributed by atoms with van der Waals surface area (Å²) in [5.41, 5.74) is 2.42. The number of amides is 2. The molecule has 8 heteroatoms. The summed E-state index contributed by atoms with van der Waals surface area (Å²) >= 11 is 0. The van der Waals surface area contributed by atoms with Crippen LogP contribution in [0.3, 0.4) is 0 Å². The Bertz CT molecular complexity index is 814. The smallest absolute Gasteiger partial charge is 0.225 e. The Labute approximate surface area is 159 Å². The number of carbonyl (C=O) groups excluding carboxylic acids is 2. The lowest BCUT2D eigenvalue weighted by atomic mass is 10.0. The molecule has 1 fully saturated rings. The number of likely N-dealkylation sites (tertiary alicyclic amines) is 1. The Morgan fingerprint density at radius 1 is 1.26 bits per heavy atom. The Morgan fingerprint density at radius 3 is 2.70 bits per heavy atom. The van der Waals surface area contributed by atoms with Crippen molar-refractivity contribution in [3.8, 4) is 0 Å². The van der Waals surface area contributed by atoms with E-state index in [1.54, 1.807) is 17.1 Å². The van der Waals surface area contributed by atoms with Crippen LogP contribution in [0, 0.1) is 5.92 Å². The van der Waals surface area contributed by atoms with Crippen molar-refractivity contribution in [2.45, 2.75) is 52.5 Å². The lowest BCUT2D eigenvalue weighted by Crippen LogP contribution is -2.33.